The second kappa shape index (κ2) is 10.3. The molecule has 1 N–H and O–H groups in total. The zero-order chi connectivity index (χ0) is 25.3. The molecule has 0 radical (unpaired) electrons. The van der Waals surface area contributed by atoms with Crippen molar-refractivity contribution in [2.75, 3.05) is 45.2 Å². The van der Waals surface area contributed by atoms with Gasteiger partial charge in [-0.1, -0.05) is 13.8 Å². The molecule has 35 heavy (non-hydrogen) atoms. The maximum Gasteiger partial charge on any atom is 0.320 e. The zero-order valence-electron chi connectivity index (χ0n) is 21.2. The molecule has 9 nitrogen and oxygen atoms in total. The smallest absolute Gasteiger partial charge is 0.320 e. The summed E-state index contributed by atoms with van der Waals surface area (Å²) in [6.07, 6.45) is 3.02. The summed E-state index contributed by atoms with van der Waals surface area (Å²) in [6.45, 7) is 5.91. The lowest BCUT2D eigenvalue weighted by atomic mass is 10.0. The van der Waals surface area contributed by atoms with E-state index < -0.39 is 12.1 Å². The molecule has 1 aromatic rings. The summed E-state index contributed by atoms with van der Waals surface area (Å²) < 4.78 is 0. The molecule has 190 valence electrons. The number of urea groups is 1. The molecule has 2 unspecified atom stereocenters. The van der Waals surface area contributed by atoms with Crippen LogP contribution in [0.5, 0.6) is 0 Å². The first kappa shape index (κ1) is 25.0. The van der Waals surface area contributed by atoms with E-state index in [0.29, 0.717) is 24.9 Å². The van der Waals surface area contributed by atoms with Gasteiger partial charge in [0.25, 0.3) is 5.91 Å². The molecular formula is C26H37N5O4. The molecule has 3 atom stereocenters. The summed E-state index contributed by atoms with van der Waals surface area (Å²) >= 11 is 0. The summed E-state index contributed by atoms with van der Waals surface area (Å²) in [5, 5.41) is 2.92. The average Bonchev–Trinajstić information content (AvgIpc) is 3.56. The average molecular weight is 484 g/mol. The fourth-order valence-corrected chi connectivity index (χ4v) is 5.46. The van der Waals surface area contributed by atoms with Gasteiger partial charge in [0, 0.05) is 45.0 Å². The van der Waals surface area contributed by atoms with E-state index in [1.165, 1.54) is 0 Å². The molecule has 1 aromatic carbocycles. The van der Waals surface area contributed by atoms with Crippen molar-refractivity contribution in [1.82, 2.24) is 20.0 Å². The molecule has 0 bridgehead atoms. The monoisotopic (exact) mass is 483 g/mol. The van der Waals surface area contributed by atoms with Gasteiger partial charge >= 0.3 is 6.03 Å². The number of nitrogens with one attached hydrogen (secondary N) is 1. The predicted molar refractivity (Wildman–Crippen MR) is 133 cm³/mol. The molecular weight excluding hydrogens is 446 g/mol. The second-order valence-electron chi connectivity index (χ2n) is 10.5. The fraction of sp³-hybridized carbons (Fsp3) is 0.615. The van der Waals surface area contributed by atoms with Crippen LogP contribution < -0.4 is 10.2 Å². The molecule has 0 saturated carbocycles. The molecule has 0 aromatic heterocycles. The van der Waals surface area contributed by atoms with Crippen LogP contribution in [-0.2, 0) is 9.59 Å². The van der Waals surface area contributed by atoms with Crippen LogP contribution in [0.4, 0.5) is 10.5 Å². The summed E-state index contributed by atoms with van der Waals surface area (Å²) in [6, 6.07) is 5.49. The van der Waals surface area contributed by atoms with Crippen molar-refractivity contribution in [1.29, 1.82) is 0 Å². The molecule has 0 spiro atoms. The highest BCUT2D eigenvalue weighted by molar-refractivity contribution is 6.00. The first-order valence-corrected chi connectivity index (χ1v) is 12.6. The number of hydrogen-bond acceptors (Lipinski definition) is 5. The number of rotatable bonds is 6. The number of ketones is 1. The summed E-state index contributed by atoms with van der Waals surface area (Å²) in [4.78, 5) is 59.6. The Kier molecular flexibility index (Phi) is 7.33. The van der Waals surface area contributed by atoms with Gasteiger partial charge in [-0.25, -0.2) is 4.79 Å². The van der Waals surface area contributed by atoms with E-state index in [-0.39, 0.29) is 42.1 Å². The van der Waals surface area contributed by atoms with Crippen molar-refractivity contribution in [3.8, 4) is 0 Å². The van der Waals surface area contributed by atoms with Crippen LogP contribution in [0.2, 0.25) is 0 Å². The van der Waals surface area contributed by atoms with Gasteiger partial charge in [0.05, 0.1) is 12.6 Å². The van der Waals surface area contributed by atoms with Gasteiger partial charge in [0.15, 0.2) is 5.78 Å². The summed E-state index contributed by atoms with van der Waals surface area (Å²) in [7, 11) is 3.86. The van der Waals surface area contributed by atoms with Crippen LogP contribution in [0.15, 0.2) is 24.3 Å². The topological polar surface area (TPSA) is 93.3 Å². The first-order chi connectivity index (χ1) is 16.7. The van der Waals surface area contributed by atoms with Crippen LogP contribution in [0.3, 0.4) is 0 Å². The molecule has 0 aliphatic carbocycles. The number of anilines is 1. The molecule has 9 heteroatoms. The van der Waals surface area contributed by atoms with Gasteiger partial charge in [-0.2, -0.15) is 0 Å². The predicted octanol–water partition coefficient (Wildman–Crippen LogP) is 1.97. The van der Waals surface area contributed by atoms with Gasteiger partial charge in [-0.3, -0.25) is 14.4 Å². The number of nitrogens with zero attached hydrogens (tertiary/aromatic N) is 4. The molecule has 4 rings (SSSR count). The Bertz CT molecular complexity index is 970. The maximum absolute atomic E-state index is 13.7. The largest absolute Gasteiger partial charge is 0.378 e. The number of benzene rings is 1. The van der Waals surface area contributed by atoms with Gasteiger partial charge in [-0.05, 0) is 55.9 Å². The Hall–Kier alpha value is -3.10. The number of carbonyl (C=O) groups excluding carboxylic acids is 4. The number of Topliss-reactive ketones (excluding diaryl/α,β-unsaturated/α-hetero) is 1. The van der Waals surface area contributed by atoms with E-state index in [0.717, 1.165) is 31.6 Å². The Labute approximate surface area is 207 Å². The number of carbonyl (C=O) groups is 4. The molecule has 3 fully saturated rings. The first-order valence-electron chi connectivity index (χ1n) is 12.6. The van der Waals surface area contributed by atoms with Gasteiger partial charge in [0.2, 0.25) is 5.91 Å². The standard InChI is InChI=1S/C26H37N5O4/c1-17(2)15-20(27-24(33)18-7-9-19(10-8-18)28(3)4)25(34)30-14-11-21-23(30)22(32)16-31(21)26(35)29-12-5-6-13-29/h7-10,17,20-21,23H,5-6,11-16H2,1-4H3,(H,27,33)/t20-,21?,23?/m0/s1. The molecule has 3 aliphatic rings. The van der Waals surface area contributed by atoms with Crippen molar-refractivity contribution in [3.63, 3.8) is 0 Å². The third-order valence-electron chi connectivity index (χ3n) is 7.28. The Morgan fingerprint density at radius 3 is 2.29 bits per heavy atom. The van der Waals surface area contributed by atoms with E-state index >= 15 is 0 Å². The Morgan fingerprint density at radius 2 is 1.69 bits per heavy atom. The highest BCUT2D eigenvalue weighted by Gasteiger charge is 2.53. The van der Waals surface area contributed by atoms with Crippen LogP contribution in [0, 0.1) is 5.92 Å². The quantitative estimate of drug-likeness (QED) is 0.668. The van der Waals surface area contributed by atoms with Crippen LogP contribution in [0.1, 0.15) is 49.9 Å². The van der Waals surface area contributed by atoms with Crippen molar-refractivity contribution in [3.05, 3.63) is 29.8 Å². The minimum absolute atomic E-state index is 0.0495. The number of amides is 4. The van der Waals surface area contributed by atoms with Gasteiger partial charge < -0.3 is 24.9 Å². The van der Waals surface area contributed by atoms with E-state index in [1.54, 1.807) is 21.9 Å². The Morgan fingerprint density at radius 1 is 1.03 bits per heavy atom. The van der Waals surface area contributed by atoms with E-state index in [2.05, 4.69) is 5.32 Å². The van der Waals surface area contributed by atoms with Crippen molar-refractivity contribution in [2.24, 2.45) is 5.92 Å². The third-order valence-corrected chi connectivity index (χ3v) is 7.28. The van der Waals surface area contributed by atoms with E-state index in [1.807, 2.05) is 49.9 Å². The fourth-order valence-electron chi connectivity index (χ4n) is 5.46. The van der Waals surface area contributed by atoms with E-state index in [9.17, 15) is 19.2 Å². The minimum atomic E-state index is -0.731. The highest BCUT2D eigenvalue weighted by atomic mass is 16.2. The van der Waals surface area contributed by atoms with Crippen LogP contribution in [-0.4, -0.2) is 96.7 Å². The highest BCUT2D eigenvalue weighted by Crippen LogP contribution is 2.32. The van der Waals surface area contributed by atoms with Gasteiger partial charge in [0.1, 0.15) is 12.1 Å². The number of hydrogen-bond donors (Lipinski definition) is 1. The molecule has 3 heterocycles. The zero-order valence-corrected chi connectivity index (χ0v) is 21.2. The third kappa shape index (κ3) is 5.13. The number of fused-ring (bicyclic) bond motifs is 1. The van der Waals surface area contributed by atoms with Crippen molar-refractivity contribution in [2.45, 2.75) is 57.7 Å². The van der Waals surface area contributed by atoms with Crippen LogP contribution >= 0.6 is 0 Å². The SMILES string of the molecule is CC(C)C[C@H](NC(=O)c1ccc(N(C)C)cc1)C(=O)N1CCC2C1C(=O)CN2C(=O)N1CCCC1. The van der Waals surface area contributed by atoms with Crippen LogP contribution in [0.25, 0.3) is 0 Å². The lowest BCUT2D eigenvalue weighted by Crippen LogP contribution is -2.53. The normalized spacial score (nSPS) is 22.5. The van der Waals surface area contributed by atoms with E-state index in [4.69, 9.17) is 0 Å². The molecule has 3 saturated heterocycles. The molecule has 3 aliphatic heterocycles. The van der Waals surface area contributed by atoms with Crippen molar-refractivity contribution < 1.29 is 19.2 Å². The Balaban J connectivity index is 1.47. The lowest BCUT2D eigenvalue weighted by molar-refractivity contribution is -0.138. The molecule has 4 amide bonds. The maximum atomic E-state index is 13.7. The second-order valence-corrected chi connectivity index (χ2v) is 10.5. The summed E-state index contributed by atoms with van der Waals surface area (Å²) in [5.74, 6) is -0.476. The lowest BCUT2D eigenvalue weighted by Gasteiger charge is -2.30. The number of likely N-dealkylation sites (tertiary alicyclic amines) is 3. The summed E-state index contributed by atoms with van der Waals surface area (Å²) in [5.41, 5.74) is 1.46. The van der Waals surface area contributed by atoms with Crippen molar-refractivity contribution >= 4 is 29.3 Å². The van der Waals surface area contributed by atoms with Gasteiger partial charge in [-0.15, -0.1) is 0 Å². The minimum Gasteiger partial charge on any atom is -0.378 e.